The number of aromatic carboxylic acids is 1. The lowest BCUT2D eigenvalue weighted by Gasteiger charge is -2.25. The third-order valence-corrected chi connectivity index (χ3v) is 11.1. The molecule has 50 heavy (non-hydrogen) atoms. The first-order chi connectivity index (χ1) is 24.1. The van der Waals surface area contributed by atoms with Gasteiger partial charge in [-0.2, -0.15) is 0 Å². The zero-order chi connectivity index (χ0) is 35.3. The molecule has 256 valence electrons. The Bertz CT molecular complexity index is 2150. The Labute approximate surface area is 299 Å². The lowest BCUT2D eigenvalue weighted by Crippen LogP contribution is -2.29. The summed E-state index contributed by atoms with van der Waals surface area (Å²) in [4.78, 5) is 11.4. The van der Waals surface area contributed by atoms with Crippen molar-refractivity contribution in [2.45, 2.75) is 51.3 Å². The molecule has 0 fully saturated rings. The topological polar surface area (TPSA) is 88.4 Å². The molecule has 0 atom stereocenters. The van der Waals surface area contributed by atoms with Crippen molar-refractivity contribution >= 4 is 38.5 Å². The molecule has 6 nitrogen and oxygen atoms in total. The van der Waals surface area contributed by atoms with Gasteiger partial charge in [-0.25, -0.2) is 17.9 Å². The summed E-state index contributed by atoms with van der Waals surface area (Å²) >= 11 is 7.03. The van der Waals surface area contributed by atoms with Crippen LogP contribution >= 0.6 is 11.6 Å². The highest BCUT2D eigenvalue weighted by Crippen LogP contribution is 2.39. The van der Waals surface area contributed by atoms with Gasteiger partial charge in [-0.1, -0.05) is 109 Å². The van der Waals surface area contributed by atoms with E-state index in [1.807, 2.05) is 92.7 Å². The van der Waals surface area contributed by atoms with Crippen molar-refractivity contribution < 1.29 is 18.3 Å². The number of fused-ring (bicyclic) bond motifs is 1. The van der Waals surface area contributed by atoms with Gasteiger partial charge >= 0.3 is 5.97 Å². The first kappa shape index (κ1) is 35.1. The van der Waals surface area contributed by atoms with Gasteiger partial charge in [-0.05, 0) is 96.3 Å². The van der Waals surface area contributed by atoms with E-state index in [0.29, 0.717) is 17.9 Å². The summed E-state index contributed by atoms with van der Waals surface area (Å²) in [5, 5.41) is 11.0. The molecule has 0 bridgehead atoms. The van der Waals surface area contributed by atoms with Gasteiger partial charge in [-0.3, -0.25) is 0 Å². The zero-order valence-corrected chi connectivity index (χ0v) is 29.8. The van der Waals surface area contributed by atoms with E-state index in [2.05, 4.69) is 39.6 Å². The standard InChI is InChI=1S/C42H41ClN2O4S/c1-29-12-9-13-30(2)36(29)28-50(48,49)44-27-26-38-35(19-10-14-31-22-24-34(25-23-31)42(46)47)40-37(43)20-11-21-39(40)45(38)41(32-15-5-3-6-16-32)33-17-7-4-8-18-33/h3-9,11-13,15-18,20-25,41,44H,10,14,19,26-28H2,1-2H3,(H,46,47). The molecule has 1 heterocycles. The normalized spacial score (nSPS) is 11.8. The Morgan fingerprint density at radius 3 is 1.94 bits per heavy atom. The first-order valence-corrected chi connectivity index (χ1v) is 18.9. The molecule has 0 unspecified atom stereocenters. The summed E-state index contributed by atoms with van der Waals surface area (Å²) in [7, 11) is -3.63. The number of sulfonamides is 1. The zero-order valence-electron chi connectivity index (χ0n) is 28.3. The molecule has 2 N–H and O–H groups in total. The largest absolute Gasteiger partial charge is 0.478 e. The van der Waals surface area contributed by atoms with E-state index in [-0.39, 0.29) is 23.9 Å². The van der Waals surface area contributed by atoms with E-state index >= 15 is 0 Å². The number of nitrogens with zero attached hydrogens (tertiary/aromatic N) is 1. The van der Waals surface area contributed by atoms with E-state index in [1.54, 1.807) is 12.1 Å². The fourth-order valence-corrected chi connectivity index (χ4v) is 8.60. The number of rotatable bonds is 14. The van der Waals surface area contributed by atoms with Gasteiger partial charge in [-0.15, -0.1) is 0 Å². The van der Waals surface area contributed by atoms with Crippen LogP contribution in [-0.4, -0.2) is 30.6 Å². The van der Waals surface area contributed by atoms with Gasteiger partial charge in [0.2, 0.25) is 10.0 Å². The maximum atomic E-state index is 13.5. The van der Waals surface area contributed by atoms with Crippen molar-refractivity contribution in [3.8, 4) is 0 Å². The molecule has 1 aromatic heterocycles. The molecule has 0 aliphatic carbocycles. The van der Waals surface area contributed by atoms with Gasteiger partial charge in [0.15, 0.2) is 0 Å². The summed E-state index contributed by atoms with van der Waals surface area (Å²) < 4.78 is 32.2. The lowest BCUT2D eigenvalue weighted by molar-refractivity contribution is 0.0697. The van der Waals surface area contributed by atoms with Crippen molar-refractivity contribution in [3.63, 3.8) is 0 Å². The van der Waals surface area contributed by atoms with E-state index in [9.17, 15) is 18.3 Å². The summed E-state index contributed by atoms with van der Waals surface area (Å²) in [6, 6.07) is 39.4. The molecule has 0 aliphatic rings. The van der Waals surface area contributed by atoms with Crippen molar-refractivity contribution in [2.75, 3.05) is 6.54 Å². The number of hydrogen-bond acceptors (Lipinski definition) is 3. The molecule has 0 saturated heterocycles. The first-order valence-electron chi connectivity index (χ1n) is 16.9. The predicted octanol–water partition coefficient (Wildman–Crippen LogP) is 9.08. The van der Waals surface area contributed by atoms with Crippen molar-refractivity contribution in [1.82, 2.24) is 9.29 Å². The maximum absolute atomic E-state index is 13.5. The minimum Gasteiger partial charge on any atom is -0.478 e. The van der Waals surface area contributed by atoms with Crippen LogP contribution in [0.4, 0.5) is 0 Å². The molecule has 0 radical (unpaired) electrons. The predicted molar refractivity (Wildman–Crippen MR) is 203 cm³/mol. The Kier molecular flexibility index (Phi) is 10.9. The number of carboxylic acids is 1. The van der Waals surface area contributed by atoms with Gasteiger partial charge in [0.05, 0.1) is 27.9 Å². The van der Waals surface area contributed by atoms with E-state index in [1.165, 1.54) is 0 Å². The second kappa shape index (κ2) is 15.5. The molecule has 0 aliphatic heterocycles. The van der Waals surface area contributed by atoms with Gasteiger partial charge < -0.3 is 9.67 Å². The number of carbonyl (C=O) groups is 1. The molecule has 0 spiro atoms. The average molecular weight is 705 g/mol. The quantitative estimate of drug-likeness (QED) is 0.118. The van der Waals surface area contributed by atoms with Crippen molar-refractivity contribution in [1.29, 1.82) is 0 Å². The molecule has 6 rings (SSSR count). The van der Waals surface area contributed by atoms with Crippen LogP contribution in [0.2, 0.25) is 5.02 Å². The van der Waals surface area contributed by atoms with Crippen molar-refractivity contribution in [2.24, 2.45) is 0 Å². The van der Waals surface area contributed by atoms with Gasteiger partial charge in [0.1, 0.15) is 0 Å². The SMILES string of the molecule is Cc1cccc(C)c1CS(=O)(=O)NCCc1c(CCCc2ccc(C(=O)O)cc2)c2c(Cl)cccc2n1C(c1ccccc1)c1ccccc1. The molecule has 6 aromatic rings. The molecule has 0 saturated carbocycles. The molecule has 8 heteroatoms. The second-order valence-corrected chi connectivity index (χ2v) is 15.0. The Balaban J connectivity index is 1.41. The number of nitrogens with one attached hydrogen (secondary N) is 1. The smallest absolute Gasteiger partial charge is 0.335 e. The van der Waals surface area contributed by atoms with Crippen molar-refractivity contribution in [3.05, 3.63) is 177 Å². The highest BCUT2D eigenvalue weighted by atomic mass is 35.5. The minimum atomic E-state index is -3.63. The summed E-state index contributed by atoms with van der Waals surface area (Å²) in [5.74, 6) is -1.02. The van der Waals surface area contributed by atoms with Gasteiger partial charge in [0.25, 0.3) is 0 Å². The van der Waals surface area contributed by atoms with E-state index < -0.39 is 16.0 Å². The highest BCUT2D eigenvalue weighted by molar-refractivity contribution is 7.88. The lowest BCUT2D eigenvalue weighted by atomic mass is 9.97. The number of hydrogen-bond donors (Lipinski definition) is 2. The fourth-order valence-electron chi connectivity index (χ4n) is 6.97. The summed E-state index contributed by atoms with van der Waals surface area (Å²) in [6.07, 6.45) is 2.70. The van der Waals surface area contributed by atoms with Gasteiger partial charge in [0, 0.05) is 24.0 Å². The number of halogens is 1. The van der Waals surface area contributed by atoms with Crippen LogP contribution in [0.15, 0.2) is 121 Å². The third-order valence-electron chi connectivity index (χ3n) is 9.44. The minimum absolute atomic E-state index is 0.0789. The van der Waals surface area contributed by atoms with Crippen LogP contribution in [0.5, 0.6) is 0 Å². The van der Waals surface area contributed by atoms with Crippen LogP contribution in [0.1, 0.15) is 67.5 Å². The molecule has 0 amide bonds. The van der Waals surface area contributed by atoms with Crippen LogP contribution < -0.4 is 4.72 Å². The maximum Gasteiger partial charge on any atom is 0.335 e. The summed E-state index contributed by atoms with van der Waals surface area (Å²) in [5.41, 5.74) is 9.39. The third kappa shape index (κ3) is 7.86. The van der Waals surface area contributed by atoms with Crippen LogP contribution in [-0.2, 0) is 35.0 Å². The Morgan fingerprint density at radius 1 is 0.740 bits per heavy atom. The average Bonchev–Trinajstić information content (AvgIpc) is 3.41. The Morgan fingerprint density at radius 2 is 1.34 bits per heavy atom. The molecule has 5 aromatic carbocycles. The second-order valence-electron chi connectivity index (χ2n) is 12.8. The van der Waals surface area contributed by atoms with E-state index in [4.69, 9.17) is 11.6 Å². The van der Waals surface area contributed by atoms with Crippen LogP contribution in [0, 0.1) is 13.8 Å². The monoisotopic (exact) mass is 704 g/mol. The molecular weight excluding hydrogens is 664 g/mol. The number of benzene rings is 5. The summed E-state index contributed by atoms with van der Waals surface area (Å²) in [6.45, 7) is 4.11. The van der Waals surface area contributed by atoms with Crippen LogP contribution in [0.3, 0.4) is 0 Å². The number of aromatic nitrogens is 1. The van der Waals surface area contributed by atoms with E-state index in [0.717, 1.165) is 68.4 Å². The molecular formula is C42H41ClN2O4S. The Hall–Kier alpha value is -4.69. The van der Waals surface area contributed by atoms with Crippen LogP contribution in [0.25, 0.3) is 10.9 Å². The number of aryl methyl sites for hydroxylation is 4. The highest BCUT2D eigenvalue weighted by Gasteiger charge is 2.27. The number of carboxylic acid groups (broad SMARTS) is 1. The fraction of sp³-hybridized carbons (Fsp3) is 0.214.